The molecule has 41 heavy (non-hydrogen) atoms. The van der Waals surface area contributed by atoms with Crippen LogP contribution in [0.1, 0.15) is 48.3 Å². The highest BCUT2D eigenvalue weighted by atomic mass is 16.5. The number of carboxylic acid groups (broad SMARTS) is 1. The van der Waals surface area contributed by atoms with E-state index < -0.39 is 23.5 Å². The smallest absolute Gasteiger partial charge is 0.407 e. The predicted molar refractivity (Wildman–Crippen MR) is 156 cm³/mol. The second kappa shape index (κ2) is 12.6. The van der Waals surface area contributed by atoms with Gasteiger partial charge in [-0.3, -0.25) is 9.69 Å². The first-order valence-corrected chi connectivity index (χ1v) is 14.2. The van der Waals surface area contributed by atoms with Crippen molar-refractivity contribution in [1.29, 1.82) is 0 Å². The van der Waals surface area contributed by atoms with Crippen LogP contribution < -0.4 is 10.6 Å². The Morgan fingerprint density at radius 3 is 2.12 bits per heavy atom. The summed E-state index contributed by atoms with van der Waals surface area (Å²) in [5, 5.41) is 15.4. The van der Waals surface area contributed by atoms with Crippen molar-refractivity contribution >= 4 is 18.0 Å². The molecular weight excluding hydrogens is 518 g/mol. The minimum absolute atomic E-state index is 0.0545. The molecule has 8 heteroatoms. The van der Waals surface area contributed by atoms with Gasteiger partial charge in [0.2, 0.25) is 5.91 Å². The maximum Gasteiger partial charge on any atom is 0.407 e. The largest absolute Gasteiger partial charge is 0.480 e. The lowest BCUT2D eigenvalue weighted by Gasteiger charge is -2.30. The van der Waals surface area contributed by atoms with E-state index in [4.69, 9.17) is 4.74 Å². The first-order chi connectivity index (χ1) is 19.9. The van der Waals surface area contributed by atoms with Gasteiger partial charge in [0, 0.05) is 25.6 Å². The highest BCUT2D eigenvalue weighted by Crippen LogP contribution is 2.44. The zero-order chi connectivity index (χ0) is 28.8. The van der Waals surface area contributed by atoms with E-state index in [2.05, 4.69) is 34.9 Å². The van der Waals surface area contributed by atoms with Crippen molar-refractivity contribution in [1.82, 2.24) is 15.5 Å². The number of likely N-dealkylation sites (N-methyl/N-ethyl adjacent to an activating group) is 1. The molecule has 2 aliphatic rings. The van der Waals surface area contributed by atoms with Gasteiger partial charge in [-0.1, -0.05) is 91.7 Å². The zero-order valence-electron chi connectivity index (χ0n) is 23.3. The molecule has 3 aromatic carbocycles. The normalized spacial score (nSPS) is 16.0. The molecule has 0 aliphatic heterocycles. The second-order valence-corrected chi connectivity index (χ2v) is 11.2. The average Bonchev–Trinajstić information content (AvgIpc) is 3.59. The Labute approximate surface area is 240 Å². The molecule has 8 nitrogen and oxygen atoms in total. The number of fused-ring (bicyclic) bond motifs is 3. The van der Waals surface area contributed by atoms with Gasteiger partial charge in [0.15, 0.2) is 0 Å². The minimum atomic E-state index is -1.09. The summed E-state index contributed by atoms with van der Waals surface area (Å²) in [5.41, 5.74) is 4.76. The molecule has 3 aromatic rings. The quantitative estimate of drug-likeness (QED) is 0.314. The molecule has 5 rings (SSSR count). The topological polar surface area (TPSA) is 108 Å². The Bertz CT molecular complexity index is 1340. The summed E-state index contributed by atoms with van der Waals surface area (Å²) in [6.07, 6.45) is 2.25. The second-order valence-electron chi connectivity index (χ2n) is 11.2. The van der Waals surface area contributed by atoms with Gasteiger partial charge in [0.25, 0.3) is 0 Å². The standard InChI is InChI=1S/C33H37N3O5/c1-36(19-23-11-3-2-4-12-23)20-29(30(37)38)35-31(39)33(17-9-10-18-33)22-34-32(40)41-21-28-26-15-7-5-13-24(26)25-14-6-8-16-27(25)28/h2-8,11-16,28-29H,9-10,17-22H2,1H3,(H,34,40)(H,35,39)(H,37,38). The summed E-state index contributed by atoms with van der Waals surface area (Å²) < 4.78 is 5.67. The number of hydrogen-bond donors (Lipinski definition) is 3. The maximum absolute atomic E-state index is 13.5. The number of amides is 2. The Balaban J connectivity index is 1.17. The zero-order valence-corrected chi connectivity index (χ0v) is 23.3. The minimum Gasteiger partial charge on any atom is -0.480 e. The summed E-state index contributed by atoms with van der Waals surface area (Å²) in [7, 11) is 1.83. The Hall–Kier alpha value is -4.17. The molecule has 214 valence electrons. The van der Waals surface area contributed by atoms with E-state index >= 15 is 0 Å². The van der Waals surface area contributed by atoms with Crippen LogP contribution in [0.5, 0.6) is 0 Å². The third-order valence-electron chi connectivity index (χ3n) is 8.35. The number of nitrogens with zero attached hydrogens (tertiary/aromatic N) is 1. The number of hydrogen-bond acceptors (Lipinski definition) is 5. The van der Waals surface area contributed by atoms with E-state index in [0.717, 1.165) is 40.7 Å². The van der Waals surface area contributed by atoms with Crippen molar-refractivity contribution in [3.05, 3.63) is 95.6 Å². The van der Waals surface area contributed by atoms with Crippen LogP contribution in [-0.2, 0) is 20.9 Å². The molecule has 1 unspecified atom stereocenters. The summed E-state index contributed by atoms with van der Waals surface area (Å²) in [6, 6.07) is 25.0. The fourth-order valence-electron chi connectivity index (χ4n) is 6.19. The monoisotopic (exact) mass is 555 g/mol. The van der Waals surface area contributed by atoms with Crippen LogP contribution in [0, 0.1) is 5.41 Å². The van der Waals surface area contributed by atoms with Crippen LogP contribution >= 0.6 is 0 Å². The number of nitrogens with one attached hydrogen (secondary N) is 2. The number of carboxylic acids is 1. The molecule has 3 N–H and O–H groups in total. The van der Waals surface area contributed by atoms with E-state index in [1.54, 1.807) is 0 Å². The maximum atomic E-state index is 13.5. The van der Waals surface area contributed by atoms with E-state index in [1.165, 1.54) is 0 Å². The van der Waals surface area contributed by atoms with Gasteiger partial charge >= 0.3 is 12.1 Å². The van der Waals surface area contributed by atoms with Gasteiger partial charge in [-0.15, -0.1) is 0 Å². The Morgan fingerprint density at radius 1 is 0.927 bits per heavy atom. The molecule has 2 aliphatic carbocycles. The van der Waals surface area contributed by atoms with Crippen LogP contribution in [0.25, 0.3) is 11.1 Å². The summed E-state index contributed by atoms with van der Waals surface area (Å²) in [4.78, 5) is 40.3. The number of aliphatic carboxylic acids is 1. The number of alkyl carbamates (subject to hydrolysis) is 1. The summed E-state index contributed by atoms with van der Waals surface area (Å²) in [6.45, 7) is 1.01. The van der Waals surface area contributed by atoms with Gasteiger partial charge in [-0.05, 0) is 47.7 Å². The Morgan fingerprint density at radius 2 is 1.51 bits per heavy atom. The van der Waals surface area contributed by atoms with E-state index in [-0.39, 0.29) is 31.5 Å². The van der Waals surface area contributed by atoms with Gasteiger partial charge in [-0.2, -0.15) is 0 Å². The van der Waals surface area contributed by atoms with E-state index in [9.17, 15) is 19.5 Å². The van der Waals surface area contributed by atoms with Crippen molar-refractivity contribution in [3.63, 3.8) is 0 Å². The molecule has 1 atom stereocenters. The van der Waals surface area contributed by atoms with Crippen molar-refractivity contribution in [2.45, 2.75) is 44.2 Å². The van der Waals surface area contributed by atoms with Gasteiger partial charge < -0.3 is 20.5 Å². The lowest BCUT2D eigenvalue weighted by atomic mass is 9.84. The molecule has 0 aromatic heterocycles. The predicted octanol–water partition coefficient (Wildman–Crippen LogP) is 4.79. The molecule has 1 saturated carbocycles. The van der Waals surface area contributed by atoms with Gasteiger partial charge in [0.1, 0.15) is 12.6 Å². The fourth-order valence-corrected chi connectivity index (χ4v) is 6.19. The van der Waals surface area contributed by atoms with Crippen molar-refractivity contribution in [3.8, 4) is 11.1 Å². The highest BCUT2D eigenvalue weighted by Gasteiger charge is 2.43. The van der Waals surface area contributed by atoms with Crippen molar-refractivity contribution < 1.29 is 24.2 Å². The van der Waals surface area contributed by atoms with E-state index in [1.807, 2.05) is 66.5 Å². The number of benzene rings is 3. The molecule has 1 fully saturated rings. The average molecular weight is 556 g/mol. The molecule has 0 spiro atoms. The van der Waals surface area contributed by atoms with Crippen LogP contribution in [0.3, 0.4) is 0 Å². The van der Waals surface area contributed by atoms with Crippen LogP contribution in [0.4, 0.5) is 4.79 Å². The molecule has 0 radical (unpaired) electrons. The van der Waals surface area contributed by atoms with Crippen LogP contribution in [-0.4, -0.2) is 60.8 Å². The number of rotatable bonds is 11. The molecule has 2 amide bonds. The molecular formula is C33H37N3O5. The van der Waals surface area contributed by atoms with Crippen molar-refractivity contribution in [2.24, 2.45) is 5.41 Å². The fraction of sp³-hybridized carbons (Fsp3) is 0.364. The van der Waals surface area contributed by atoms with E-state index in [0.29, 0.717) is 19.4 Å². The lowest BCUT2D eigenvalue weighted by molar-refractivity contribution is -0.144. The molecule has 0 bridgehead atoms. The number of carbonyl (C=O) groups excluding carboxylic acids is 2. The summed E-state index contributed by atoms with van der Waals surface area (Å²) >= 11 is 0. The Kier molecular flexibility index (Phi) is 8.69. The third kappa shape index (κ3) is 6.43. The van der Waals surface area contributed by atoms with Crippen LogP contribution in [0.2, 0.25) is 0 Å². The van der Waals surface area contributed by atoms with Gasteiger partial charge in [0.05, 0.1) is 5.41 Å². The van der Waals surface area contributed by atoms with Crippen molar-refractivity contribution in [2.75, 3.05) is 26.7 Å². The highest BCUT2D eigenvalue weighted by molar-refractivity contribution is 5.88. The first kappa shape index (κ1) is 28.4. The molecule has 0 heterocycles. The van der Waals surface area contributed by atoms with Crippen LogP contribution in [0.15, 0.2) is 78.9 Å². The molecule has 0 saturated heterocycles. The lowest BCUT2D eigenvalue weighted by Crippen LogP contribution is -2.54. The third-order valence-corrected chi connectivity index (χ3v) is 8.35. The first-order valence-electron chi connectivity index (χ1n) is 14.2. The van der Waals surface area contributed by atoms with Gasteiger partial charge in [-0.25, -0.2) is 9.59 Å². The number of ether oxygens (including phenoxy) is 1. The SMILES string of the molecule is CN(Cc1ccccc1)CC(NC(=O)C1(CNC(=O)OCC2c3ccccc3-c3ccccc32)CCCC1)C(=O)O. The summed E-state index contributed by atoms with van der Waals surface area (Å²) in [5.74, 6) is -1.48. The number of carbonyl (C=O) groups is 3.